The standard InChI is InChI=1S/C12H15BrF3N.ClH/c1-11(2,3)10(17)7-4-8(12(14,15)16)6-9(13)5-7;/h4-6,10H,17H2,1-3H3;1H/t10-;/m1./s1. The Bertz CT molecular complexity index is 413. The summed E-state index contributed by atoms with van der Waals surface area (Å²) in [6, 6.07) is 3.35. The minimum Gasteiger partial charge on any atom is -0.324 e. The summed E-state index contributed by atoms with van der Waals surface area (Å²) < 4.78 is 38.3. The zero-order chi connectivity index (χ0) is 13.4. The highest BCUT2D eigenvalue weighted by Crippen LogP contribution is 2.36. The first kappa shape index (κ1) is 17.7. The maximum Gasteiger partial charge on any atom is 0.416 e. The van der Waals surface area contributed by atoms with Crippen molar-refractivity contribution >= 4 is 28.3 Å². The molecule has 6 heteroatoms. The van der Waals surface area contributed by atoms with Gasteiger partial charge in [-0.25, -0.2) is 0 Å². The van der Waals surface area contributed by atoms with Gasteiger partial charge in [0.2, 0.25) is 0 Å². The smallest absolute Gasteiger partial charge is 0.324 e. The average molecular weight is 347 g/mol. The molecule has 0 saturated heterocycles. The Labute approximate surface area is 119 Å². The highest BCUT2D eigenvalue weighted by atomic mass is 79.9. The Morgan fingerprint density at radius 3 is 2.00 bits per heavy atom. The van der Waals surface area contributed by atoms with E-state index in [0.29, 0.717) is 10.0 Å². The number of hydrogen-bond donors (Lipinski definition) is 1. The van der Waals surface area contributed by atoms with E-state index in [9.17, 15) is 13.2 Å². The molecule has 0 unspecified atom stereocenters. The number of halogens is 5. The molecule has 0 aliphatic rings. The van der Waals surface area contributed by atoms with Crippen LogP contribution in [0.1, 0.15) is 37.9 Å². The Kier molecular flexibility index (Phi) is 5.72. The molecule has 0 radical (unpaired) electrons. The van der Waals surface area contributed by atoms with E-state index in [4.69, 9.17) is 5.73 Å². The van der Waals surface area contributed by atoms with E-state index in [1.807, 2.05) is 20.8 Å². The fraction of sp³-hybridized carbons (Fsp3) is 0.500. The van der Waals surface area contributed by atoms with Crippen LogP contribution in [0.5, 0.6) is 0 Å². The van der Waals surface area contributed by atoms with Gasteiger partial charge in [-0.1, -0.05) is 36.7 Å². The number of nitrogens with two attached hydrogens (primary N) is 1. The molecule has 0 amide bonds. The summed E-state index contributed by atoms with van der Waals surface area (Å²) >= 11 is 3.08. The fourth-order valence-corrected chi connectivity index (χ4v) is 1.97. The first-order valence-corrected chi connectivity index (χ1v) is 5.94. The molecule has 0 aliphatic carbocycles. The van der Waals surface area contributed by atoms with Crippen LogP contribution in [0.25, 0.3) is 0 Å². The van der Waals surface area contributed by atoms with Crippen molar-refractivity contribution in [1.29, 1.82) is 0 Å². The first-order chi connectivity index (χ1) is 7.51. The molecule has 0 heterocycles. The van der Waals surface area contributed by atoms with Gasteiger partial charge in [-0.05, 0) is 29.2 Å². The Morgan fingerprint density at radius 1 is 1.11 bits per heavy atom. The molecule has 18 heavy (non-hydrogen) atoms. The normalized spacial score (nSPS) is 14.0. The van der Waals surface area contributed by atoms with Gasteiger partial charge in [0.15, 0.2) is 0 Å². The van der Waals surface area contributed by atoms with E-state index in [1.165, 1.54) is 0 Å². The summed E-state index contributed by atoms with van der Waals surface area (Å²) in [5, 5.41) is 0. The van der Waals surface area contributed by atoms with Crippen molar-refractivity contribution in [3.05, 3.63) is 33.8 Å². The van der Waals surface area contributed by atoms with Crippen molar-refractivity contribution in [3.63, 3.8) is 0 Å². The topological polar surface area (TPSA) is 26.0 Å². The lowest BCUT2D eigenvalue weighted by atomic mass is 9.83. The van der Waals surface area contributed by atoms with Crippen LogP contribution in [0.2, 0.25) is 0 Å². The van der Waals surface area contributed by atoms with Crippen LogP contribution in [-0.4, -0.2) is 0 Å². The van der Waals surface area contributed by atoms with E-state index in [1.54, 1.807) is 6.07 Å². The van der Waals surface area contributed by atoms with Crippen molar-refractivity contribution in [2.24, 2.45) is 11.1 Å². The lowest BCUT2D eigenvalue weighted by Crippen LogP contribution is -2.26. The van der Waals surface area contributed by atoms with Crippen LogP contribution in [0.4, 0.5) is 13.2 Å². The second-order valence-electron chi connectivity index (χ2n) is 5.11. The maximum absolute atomic E-state index is 12.6. The van der Waals surface area contributed by atoms with Gasteiger partial charge in [-0.2, -0.15) is 13.2 Å². The average Bonchev–Trinajstić information content (AvgIpc) is 2.12. The minimum atomic E-state index is -4.35. The maximum atomic E-state index is 12.6. The van der Waals surface area contributed by atoms with Crippen molar-refractivity contribution < 1.29 is 13.2 Å². The van der Waals surface area contributed by atoms with Crippen LogP contribution in [0.3, 0.4) is 0 Å². The van der Waals surface area contributed by atoms with Gasteiger partial charge >= 0.3 is 6.18 Å². The molecular formula is C12H16BrClF3N. The number of benzene rings is 1. The predicted octanol–water partition coefficient (Wildman–Crippen LogP) is 4.94. The number of alkyl halides is 3. The lowest BCUT2D eigenvalue weighted by Gasteiger charge is -2.28. The molecule has 1 aromatic carbocycles. The van der Waals surface area contributed by atoms with Gasteiger partial charge in [0.1, 0.15) is 0 Å². The van der Waals surface area contributed by atoms with Crippen molar-refractivity contribution in [3.8, 4) is 0 Å². The lowest BCUT2D eigenvalue weighted by molar-refractivity contribution is -0.137. The van der Waals surface area contributed by atoms with Gasteiger partial charge in [0.25, 0.3) is 0 Å². The fourth-order valence-electron chi connectivity index (χ4n) is 1.46. The predicted molar refractivity (Wildman–Crippen MR) is 72.8 cm³/mol. The van der Waals surface area contributed by atoms with E-state index in [2.05, 4.69) is 15.9 Å². The van der Waals surface area contributed by atoms with Gasteiger partial charge in [-0.3, -0.25) is 0 Å². The quantitative estimate of drug-likeness (QED) is 0.766. The Morgan fingerprint density at radius 2 is 1.61 bits per heavy atom. The van der Waals surface area contributed by atoms with Crippen LogP contribution >= 0.6 is 28.3 Å². The van der Waals surface area contributed by atoms with Gasteiger partial charge in [0.05, 0.1) is 5.56 Å². The third-order valence-corrected chi connectivity index (χ3v) is 3.00. The molecule has 0 aromatic heterocycles. The van der Waals surface area contributed by atoms with Gasteiger partial charge in [0, 0.05) is 10.5 Å². The summed E-state index contributed by atoms with van der Waals surface area (Å²) in [6.07, 6.45) is -4.35. The molecule has 0 spiro atoms. The van der Waals surface area contributed by atoms with Crippen LogP contribution < -0.4 is 5.73 Å². The highest BCUT2D eigenvalue weighted by Gasteiger charge is 2.32. The zero-order valence-corrected chi connectivity index (χ0v) is 12.7. The molecule has 1 nitrogen and oxygen atoms in total. The second-order valence-corrected chi connectivity index (χ2v) is 6.03. The van der Waals surface area contributed by atoms with Crippen LogP contribution in [-0.2, 0) is 6.18 Å². The third kappa shape index (κ3) is 4.44. The summed E-state index contributed by atoms with van der Waals surface area (Å²) in [5.74, 6) is 0. The highest BCUT2D eigenvalue weighted by molar-refractivity contribution is 9.10. The summed E-state index contributed by atoms with van der Waals surface area (Å²) in [7, 11) is 0. The SMILES string of the molecule is CC(C)(C)[C@H](N)c1cc(Br)cc(C(F)(F)F)c1.Cl. The van der Waals surface area contributed by atoms with Crippen molar-refractivity contribution in [2.75, 3.05) is 0 Å². The molecule has 0 fully saturated rings. The Hall–Kier alpha value is -0.260. The van der Waals surface area contributed by atoms with E-state index in [-0.39, 0.29) is 17.8 Å². The monoisotopic (exact) mass is 345 g/mol. The number of hydrogen-bond acceptors (Lipinski definition) is 1. The summed E-state index contributed by atoms with van der Waals surface area (Å²) in [6.45, 7) is 5.68. The Balaban J connectivity index is 0.00000289. The summed E-state index contributed by atoms with van der Waals surface area (Å²) in [5.41, 5.74) is 5.48. The molecule has 0 bridgehead atoms. The molecule has 104 valence electrons. The molecule has 1 aromatic rings. The van der Waals surface area contributed by atoms with Crippen LogP contribution in [0.15, 0.2) is 22.7 Å². The van der Waals surface area contributed by atoms with E-state index < -0.39 is 17.8 Å². The largest absolute Gasteiger partial charge is 0.416 e. The molecule has 1 atom stereocenters. The first-order valence-electron chi connectivity index (χ1n) is 5.15. The second kappa shape index (κ2) is 5.80. The van der Waals surface area contributed by atoms with E-state index >= 15 is 0 Å². The molecule has 1 rings (SSSR count). The zero-order valence-electron chi connectivity index (χ0n) is 10.3. The van der Waals surface area contributed by atoms with Crippen LogP contribution in [0, 0.1) is 5.41 Å². The summed E-state index contributed by atoms with van der Waals surface area (Å²) in [4.78, 5) is 0. The molecule has 0 aliphatic heterocycles. The molecule has 0 saturated carbocycles. The minimum absolute atomic E-state index is 0. The van der Waals surface area contributed by atoms with Crippen molar-refractivity contribution in [2.45, 2.75) is 33.0 Å². The van der Waals surface area contributed by atoms with Crippen molar-refractivity contribution in [1.82, 2.24) is 0 Å². The molecular weight excluding hydrogens is 330 g/mol. The number of rotatable bonds is 1. The van der Waals surface area contributed by atoms with Gasteiger partial charge < -0.3 is 5.73 Å². The van der Waals surface area contributed by atoms with E-state index in [0.717, 1.165) is 12.1 Å². The molecule has 2 N–H and O–H groups in total. The van der Waals surface area contributed by atoms with Gasteiger partial charge in [-0.15, -0.1) is 12.4 Å². The third-order valence-electron chi connectivity index (χ3n) is 2.54.